The molecule has 2 aromatic rings. The van der Waals surface area contributed by atoms with Gasteiger partial charge in [-0.25, -0.2) is 0 Å². The second kappa shape index (κ2) is 4.76. The van der Waals surface area contributed by atoms with Crippen LogP contribution < -0.4 is 0 Å². The third kappa shape index (κ3) is 2.34. The molecule has 0 radical (unpaired) electrons. The summed E-state index contributed by atoms with van der Waals surface area (Å²) in [6.07, 6.45) is 1.25. The first-order valence-corrected chi connectivity index (χ1v) is 6.07. The van der Waals surface area contributed by atoms with E-state index >= 15 is 0 Å². The summed E-state index contributed by atoms with van der Waals surface area (Å²) in [6, 6.07) is 3.81. The van der Waals surface area contributed by atoms with Crippen LogP contribution in [0.4, 0.5) is 0 Å². The Kier molecular flexibility index (Phi) is 3.32. The predicted octanol–water partition coefficient (Wildman–Crippen LogP) is 1.45. The van der Waals surface area contributed by atoms with Gasteiger partial charge in [-0.2, -0.15) is 10.2 Å². The van der Waals surface area contributed by atoms with E-state index in [-0.39, 0.29) is 5.78 Å². The van der Waals surface area contributed by atoms with Crippen molar-refractivity contribution in [2.75, 3.05) is 0 Å². The van der Waals surface area contributed by atoms with Crippen LogP contribution in [0.2, 0.25) is 0 Å². The minimum Gasteiger partial charge on any atom is -0.292 e. The fourth-order valence-corrected chi connectivity index (χ4v) is 2.04. The summed E-state index contributed by atoms with van der Waals surface area (Å²) in [4.78, 5) is 12.2. The molecule has 2 aromatic heterocycles. The van der Waals surface area contributed by atoms with Crippen LogP contribution >= 0.6 is 0 Å². The van der Waals surface area contributed by atoms with Gasteiger partial charge in [0.25, 0.3) is 0 Å². The number of carbonyl (C=O) groups excluding carboxylic acids is 1. The predicted molar refractivity (Wildman–Crippen MR) is 68.6 cm³/mol. The number of aromatic nitrogens is 4. The lowest BCUT2D eigenvalue weighted by molar-refractivity contribution is 0.0981. The Morgan fingerprint density at radius 2 is 1.94 bits per heavy atom. The Labute approximate surface area is 106 Å². The first-order valence-electron chi connectivity index (χ1n) is 6.07. The standard InChI is InChI=1S/C13H18N4O/c1-5-10-7-11(16(3)15-10)8-13(18)12-6-9(2)14-17(12)4/h6-7H,5,8H2,1-4H3. The van der Waals surface area contributed by atoms with Crippen molar-refractivity contribution in [1.82, 2.24) is 19.6 Å². The monoisotopic (exact) mass is 246 g/mol. The van der Waals surface area contributed by atoms with Crippen LogP contribution in [0.25, 0.3) is 0 Å². The van der Waals surface area contributed by atoms with Gasteiger partial charge in [0, 0.05) is 19.8 Å². The molecule has 0 saturated heterocycles. The number of nitrogens with zero attached hydrogens (tertiary/aromatic N) is 4. The molecular weight excluding hydrogens is 228 g/mol. The quantitative estimate of drug-likeness (QED) is 0.767. The van der Waals surface area contributed by atoms with E-state index in [1.54, 1.807) is 16.4 Å². The highest BCUT2D eigenvalue weighted by Crippen LogP contribution is 2.10. The maximum absolute atomic E-state index is 12.2. The van der Waals surface area contributed by atoms with Crippen LogP contribution in [0.3, 0.4) is 0 Å². The van der Waals surface area contributed by atoms with Crippen molar-refractivity contribution >= 4 is 5.78 Å². The molecule has 0 saturated carbocycles. The Morgan fingerprint density at radius 3 is 2.44 bits per heavy atom. The van der Waals surface area contributed by atoms with Crippen molar-refractivity contribution in [1.29, 1.82) is 0 Å². The zero-order valence-electron chi connectivity index (χ0n) is 11.3. The Bertz CT molecular complexity index is 580. The van der Waals surface area contributed by atoms with Crippen LogP contribution in [0.15, 0.2) is 12.1 Å². The third-order valence-electron chi connectivity index (χ3n) is 3.02. The van der Waals surface area contributed by atoms with Gasteiger partial charge in [0.05, 0.1) is 17.8 Å². The molecule has 2 rings (SSSR count). The van der Waals surface area contributed by atoms with Gasteiger partial charge < -0.3 is 0 Å². The highest BCUT2D eigenvalue weighted by atomic mass is 16.1. The number of hydrogen-bond donors (Lipinski definition) is 0. The Hall–Kier alpha value is -1.91. The summed E-state index contributed by atoms with van der Waals surface area (Å²) in [5.74, 6) is 0.0729. The van der Waals surface area contributed by atoms with E-state index in [2.05, 4.69) is 17.1 Å². The summed E-state index contributed by atoms with van der Waals surface area (Å²) in [6.45, 7) is 3.94. The normalized spacial score (nSPS) is 10.9. The van der Waals surface area contributed by atoms with Gasteiger partial charge in [0.1, 0.15) is 5.69 Å². The molecular formula is C13H18N4O. The van der Waals surface area contributed by atoms with Crippen molar-refractivity contribution in [3.8, 4) is 0 Å². The Balaban J connectivity index is 2.21. The minimum atomic E-state index is 0.0729. The fraction of sp³-hybridized carbons (Fsp3) is 0.462. The minimum absolute atomic E-state index is 0.0729. The van der Waals surface area contributed by atoms with E-state index in [1.807, 2.05) is 26.1 Å². The van der Waals surface area contributed by atoms with E-state index in [4.69, 9.17) is 0 Å². The molecule has 0 amide bonds. The summed E-state index contributed by atoms with van der Waals surface area (Å²) in [5, 5.41) is 8.54. The number of carbonyl (C=O) groups is 1. The van der Waals surface area contributed by atoms with E-state index in [1.165, 1.54) is 0 Å². The van der Waals surface area contributed by atoms with Crippen molar-refractivity contribution in [2.45, 2.75) is 26.7 Å². The molecule has 0 aliphatic carbocycles. The SMILES string of the molecule is CCc1cc(CC(=O)c2cc(C)nn2C)n(C)n1. The van der Waals surface area contributed by atoms with Gasteiger partial charge in [-0.1, -0.05) is 6.92 Å². The second-order valence-electron chi connectivity index (χ2n) is 4.50. The van der Waals surface area contributed by atoms with Crippen molar-refractivity contribution < 1.29 is 4.79 Å². The molecule has 0 bridgehead atoms. The first-order chi connectivity index (χ1) is 8.51. The van der Waals surface area contributed by atoms with Crippen molar-refractivity contribution in [2.24, 2.45) is 14.1 Å². The van der Waals surface area contributed by atoms with E-state index < -0.39 is 0 Å². The molecule has 96 valence electrons. The molecule has 0 atom stereocenters. The van der Waals surface area contributed by atoms with Crippen LogP contribution in [0.1, 0.15) is 34.5 Å². The van der Waals surface area contributed by atoms with E-state index in [0.717, 1.165) is 23.5 Å². The average Bonchev–Trinajstić information content (AvgIpc) is 2.82. The molecule has 0 aromatic carbocycles. The fourth-order valence-electron chi connectivity index (χ4n) is 2.04. The molecule has 0 N–H and O–H groups in total. The lowest BCUT2D eigenvalue weighted by Crippen LogP contribution is -2.12. The van der Waals surface area contributed by atoms with Crippen LogP contribution in [-0.4, -0.2) is 25.3 Å². The summed E-state index contributed by atoms with van der Waals surface area (Å²) in [7, 11) is 3.66. The van der Waals surface area contributed by atoms with Gasteiger partial charge in [-0.3, -0.25) is 14.2 Å². The van der Waals surface area contributed by atoms with Gasteiger partial charge in [-0.15, -0.1) is 0 Å². The molecule has 0 fully saturated rings. The highest BCUT2D eigenvalue weighted by molar-refractivity contribution is 5.95. The number of aryl methyl sites for hydroxylation is 4. The molecule has 5 nitrogen and oxygen atoms in total. The Morgan fingerprint density at radius 1 is 1.22 bits per heavy atom. The largest absolute Gasteiger partial charge is 0.292 e. The molecule has 2 heterocycles. The number of hydrogen-bond acceptors (Lipinski definition) is 3. The van der Waals surface area contributed by atoms with Gasteiger partial charge in [0.15, 0.2) is 5.78 Å². The zero-order chi connectivity index (χ0) is 13.3. The first kappa shape index (κ1) is 12.5. The van der Waals surface area contributed by atoms with E-state index in [9.17, 15) is 4.79 Å². The third-order valence-corrected chi connectivity index (χ3v) is 3.02. The van der Waals surface area contributed by atoms with E-state index in [0.29, 0.717) is 12.1 Å². The van der Waals surface area contributed by atoms with Crippen molar-refractivity contribution in [3.63, 3.8) is 0 Å². The molecule has 18 heavy (non-hydrogen) atoms. The second-order valence-corrected chi connectivity index (χ2v) is 4.50. The maximum Gasteiger partial charge on any atom is 0.186 e. The zero-order valence-corrected chi connectivity index (χ0v) is 11.3. The molecule has 0 aliphatic heterocycles. The molecule has 5 heteroatoms. The lowest BCUT2D eigenvalue weighted by Gasteiger charge is -2.01. The summed E-state index contributed by atoms with van der Waals surface area (Å²) in [5.41, 5.74) is 3.46. The van der Waals surface area contributed by atoms with Crippen molar-refractivity contribution in [3.05, 3.63) is 34.9 Å². The maximum atomic E-state index is 12.2. The number of Topliss-reactive ketones (excluding diaryl/α,β-unsaturated/α-hetero) is 1. The lowest BCUT2D eigenvalue weighted by atomic mass is 10.1. The molecule has 0 spiro atoms. The van der Waals surface area contributed by atoms with Gasteiger partial charge >= 0.3 is 0 Å². The number of rotatable bonds is 4. The average molecular weight is 246 g/mol. The topological polar surface area (TPSA) is 52.7 Å². The number of ketones is 1. The van der Waals surface area contributed by atoms with Gasteiger partial charge in [0.2, 0.25) is 0 Å². The van der Waals surface area contributed by atoms with Gasteiger partial charge in [-0.05, 0) is 25.5 Å². The highest BCUT2D eigenvalue weighted by Gasteiger charge is 2.15. The van der Waals surface area contributed by atoms with Crippen LogP contribution in [0, 0.1) is 6.92 Å². The summed E-state index contributed by atoms with van der Waals surface area (Å²) < 4.78 is 3.41. The smallest absolute Gasteiger partial charge is 0.186 e. The van der Waals surface area contributed by atoms with Crippen LogP contribution in [-0.2, 0) is 26.9 Å². The van der Waals surface area contributed by atoms with Crippen LogP contribution in [0.5, 0.6) is 0 Å². The summed E-state index contributed by atoms with van der Waals surface area (Å²) >= 11 is 0. The molecule has 0 aliphatic rings. The molecule has 0 unspecified atom stereocenters.